The van der Waals surface area contributed by atoms with Crippen LogP contribution in [0, 0.1) is 16.7 Å². The van der Waals surface area contributed by atoms with Crippen LogP contribution in [-0.4, -0.2) is 25.5 Å². The summed E-state index contributed by atoms with van der Waals surface area (Å²) in [5, 5.41) is 6.74. The number of hydrogen-bond acceptors (Lipinski definition) is 2. The van der Waals surface area contributed by atoms with E-state index in [1.165, 1.54) is 38.5 Å². The van der Waals surface area contributed by atoms with Crippen LogP contribution in [0.25, 0.3) is 0 Å². The van der Waals surface area contributed by atoms with Gasteiger partial charge in [-0.3, -0.25) is 4.79 Å². The van der Waals surface area contributed by atoms with Gasteiger partial charge >= 0.3 is 0 Å². The fraction of sp³-hybridized carbons (Fsp3) is 0.933. The average molecular weight is 287 g/mol. The summed E-state index contributed by atoms with van der Waals surface area (Å²) < 4.78 is 0. The maximum Gasteiger partial charge on any atom is 0.227 e. The molecule has 0 bridgehead atoms. The minimum absolute atomic E-state index is 0. The molecule has 1 amide bonds. The summed E-state index contributed by atoms with van der Waals surface area (Å²) in [6.45, 7) is 5.11. The predicted octanol–water partition coefficient (Wildman–Crippen LogP) is 2.49. The maximum absolute atomic E-state index is 12.6. The Hall–Kier alpha value is -0.280. The molecule has 0 unspecified atom stereocenters. The Bertz CT molecular complexity index is 343. The summed E-state index contributed by atoms with van der Waals surface area (Å²) in [5.41, 5.74) is 0.393. The van der Waals surface area contributed by atoms with Crippen LogP contribution < -0.4 is 10.6 Å². The molecule has 2 aliphatic carbocycles. The van der Waals surface area contributed by atoms with Gasteiger partial charge in [-0.25, -0.2) is 0 Å². The summed E-state index contributed by atoms with van der Waals surface area (Å²) in [6.07, 6.45) is 8.68. The molecule has 0 radical (unpaired) electrons. The lowest BCUT2D eigenvalue weighted by molar-refractivity contribution is -0.134. The van der Waals surface area contributed by atoms with Crippen molar-refractivity contribution in [3.8, 4) is 0 Å². The van der Waals surface area contributed by atoms with Crippen LogP contribution >= 0.6 is 12.4 Å². The number of rotatable bonds is 4. The Morgan fingerprint density at radius 3 is 2.79 bits per heavy atom. The van der Waals surface area contributed by atoms with E-state index in [2.05, 4.69) is 17.6 Å². The third-order valence-electron chi connectivity index (χ3n) is 5.82. The Morgan fingerprint density at radius 1 is 1.32 bits per heavy atom. The molecule has 0 aromatic rings. The van der Waals surface area contributed by atoms with E-state index in [0.29, 0.717) is 17.2 Å². The van der Waals surface area contributed by atoms with Crippen molar-refractivity contribution in [2.75, 3.05) is 19.6 Å². The molecule has 1 saturated heterocycles. The molecule has 2 N–H and O–H groups in total. The van der Waals surface area contributed by atoms with E-state index >= 15 is 0 Å². The van der Waals surface area contributed by atoms with Crippen LogP contribution in [0.3, 0.4) is 0 Å². The van der Waals surface area contributed by atoms with Crippen molar-refractivity contribution in [1.82, 2.24) is 10.6 Å². The predicted molar refractivity (Wildman–Crippen MR) is 79.5 cm³/mol. The van der Waals surface area contributed by atoms with E-state index in [1.807, 2.05) is 0 Å². The molecule has 3 fully saturated rings. The van der Waals surface area contributed by atoms with E-state index in [0.717, 1.165) is 26.1 Å². The first-order valence-electron chi connectivity index (χ1n) is 7.70. The molecule has 3 rings (SSSR count). The SMILES string of the molecule is CCC1(CNC(=O)[C@@]23CCCC[C@H]2CNC3)CC1.Cl. The van der Waals surface area contributed by atoms with E-state index < -0.39 is 0 Å². The van der Waals surface area contributed by atoms with Crippen LogP contribution in [0.1, 0.15) is 51.9 Å². The van der Waals surface area contributed by atoms with E-state index in [-0.39, 0.29) is 17.8 Å². The van der Waals surface area contributed by atoms with Crippen molar-refractivity contribution >= 4 is 18.3 Å². The second kappa shape index (κ2) is 5.61. The molecular weight excluding hydrogens is 260 g/mol. The van der Waals surface area contributed by atoms with Crippen molar-refractivity contribution in [3.05, 3.63) is 0 Å². The molecular formula is C15H27ClN2O. The van der Waals surface area contributed by atoms with Gasteiger partial charge in [0.25, 0.3) is 0 Å². The highest BCUT2D eigenvalue weighted by Crippen LogP contribution is 2.49. The summed E-state index contributed by atoms with van der Waals surface area (Å²) in [4.78, 5) is 12.6. The first kappa shape index (κ1) is 15.1. The van der Waals surface area contributed by atoms with Crippen molar-refractivity contribution in [1.29, 1.82) is 0 Å². The Morgan fingerprint density at radius 2 is 2.11 bits per heavy atom. The number of halogens is 1. The third-order valence-corrected chi connectivity index (χ3v) is 5.82. The van der Waals surface area contributed by atoms with Crippen molar-refractivity contribution < 1.29 is 4.79 Å². The molecule has 3 nitrogen and oxygen atoms in total. The topological polar surface area (TPSA) is 41.1 Å². The fourth-order valence-corrected chi connectivity index (χ4v) is 3.97. The zero-order chi connectivity index (χ0) is 12.6. The zero-order valence-electron chi connectivity index (χ0n) is 12.0. The average Bonchev–Trinajstić information content (AvgIpc) is 3.06. The van der Waals surface area contributed by atoms with Gasteiger partial charge < -0.3 is 10.6 Å². The van der Waals surface area contributed by atoms with Crippen molar-refractivity contribution in [3.63, 3.8) is 0 Å². The molecule has 0 spiro atoms. The highest BCUT2D eigenvalue weighted by molar-refractivity contribution is 5.85. The number of carbonyl (C=O) groups is 1. The second-order valence-electron chi connectivity index (χ2n) is 6.77. The molecule has 0 aromatic heterocycles. The van der Waals surface area contributed by atoms with Crippen LogP contribution in [0.5, 0.6) is 0 Å². The van der Waals surface area contributed by atoms with Crippen LogP contribution in [0.4, 0.5) is 0 Å². The lowest BCUT2D eigenvalue weighted by Crippen LogP contribution is -2.49. The van der Waals surface area contributed by atoms with Gasteiger partial charge in [0.05, 0.1) is 5.41 Å². The minimum atomic E-state index is -0.0674. The number of fused-ring (bicyclic) bond motifs is 1. The summed E-state index contributed by atoms with van der Waals surface area (Å²) in [7, 11) is 0. The minimum Gasteiger partial charge on any atom is -0.355 e. The van der Waals surface area contributed by atoms with Crippen molar-refractivity contribution in [2.24, 2.45) is 16.7 Å². The largest absolute Gasteiger partial charge is 0.355 e. The Kier molecular flexibility index (Phi) is 4.46. The van der Waals surface area contributed by atoms with Gasteiger partial charge in [-0.1, -0.05) is 19.8 Å². The third kappa shape index (κ3) is 2.64. The monoisotopic (exact) mass is 286 g/mol. The first-order valence-corrected chi connectivity index (χ1v) is 7.70. The van der Waals surface area contributed by atoms with Gasteiger partial charge in [-0.2, -0.15) is 0 Å². The zero-order valence-corrected chi connectivity index (χ0v) is 12.8. The molecule has 3 aliphatic rings. The summed E-state index contributed by atoms with van der Waals surface area (Å²) >= 11 is 0. The van der Waals surface area contributed by atoms with Gasteiger partial charge in [0.1, 0.15) is 0 Å². The van der Waals surface area contributed by atoms with Crippen LogP contribution in [0.2, 0.25) is 0 Å². The highest BCUT2D eigenvalue weighted by atomic mass is 35.5. The molecule has 2 saturated carbocycles. The van der Waals surface area contributed by atoms with E-state index in [9.17, 15) is 4.79 Å². The lowest BCUT2D eigenvalue weighted by atomic mass is 9.67. The first-order chi connectivity index (χ1) is 8.71. The van der Waals surface area contributed by atoms with Gasteiger partial charge in [0.2, 0.25) is 5.91 Å². The molecule has 19 heavy (non-hydrogen) atoms. The van der Waals surface area contributed by atoms with Gasteiger partial charge in [0.15, 0.2) is 0 Å². The quantitative estimate of drug-likeness (QED) is 0.834. The number of amides is 1. The summed E-state index contributed by atoms with van der Waals surface area (Å²) in [5.74, 6) is 0.931. The summed E-state index contributed by atoms with van der Waals surface area (Å²) in [6, 6.07) is 0. The Balaban J connectivity index is 0.00000133. The molecule has 1 aliphatic heterocycles. The Labute approximate surface area is 122 Å². The number of nitrogens with one attached hydrogen (secondary N) is 2. The standard InChI is InChI=1S/C15H26N2O.ClH/c1-2-14(7-8-14)10-17-13(18)15-6-4-3-5-12(15)9-16-11-15;/h12,16H,2-11H2,1H3,(H,17,18);1H/t12-,15+;/m0./s1. The molecule has 0 aromatic carbocycles. The van der Waals surface area contributed by atoms with Gasteiger partial charge in [-0.15, -0.1) is 12.4 Å². The number of carbonyl (C=O) groups excluding carboxylic acids is 1. The lowest BCUT2D eigenvalue weighted by Gasteiger charge is -2.37. The molecule has 1 heterocycles. The highest BCUT2D eigenvalue weighted by Gasteiger charge is 2.50. The van der Waals surface area contributed by atoms with Gasteiger partial charge in [-0.05, 0) is 50.0 Å². The van der Waals surface area contributed by atoms with Gasteiger partial charge in [0, 0.05) is 13.1 Å². The normalized spacial score (nSPS) is 35.1. The van der Waals surface area contributed by atoms with E-state index in [1.54, 1.807) is 0 Å². The smallest absolute Gasteiger partial charge is 0.227 e. The maximum atomic E-state index is 12.6. The van der Waals surface area contributed by atoms with Crippen molar-refractivity contribution in [2.45, 2.75) is 51.9 Å². The molecule has 2 atom stereocenters. The second-order valence-corrected chi connectivity index (χ2v) is 6.77. The fourth-order valence-electron chi connectivity index (χ4n) is 3.97. The number of hydrogen-bond donors (Lipinski definition) is 2. The molecule has 110 valence electrons. The van der Waals surface area contributed by atoms with E-state index in [4.69, 9.17) is 0 Å². The molecule has 4 heteroatoms. The van der Waals surface area contributed by atoms with Crippen LogP contribution in [-0.2, 0) is 4.79 Å². The van der Waals surface area contributed by atoms with Crippen LogP contribution in [0.15, 0.2) is 0 Å².